The van der Waals surface area contributed by atoms with Gasteiger partial charge in [-0.15, -0.1) is 0 Å². The first-order valence-corrected chi connectivity index (χ1v) is 6.76. The van der Waals surface area contributed by atoms with E-state index in [1.807, 2.05) is 27.7 Å². The zero-order chi connectivity index (χ0) is 13.5. The molecule has 1 aliphatic carbocycles. The van der Waals surface area contributed by atoms with E-state index in [4.69, 9.17) is 0 Å². The lowest BCUT2D eigenvalue weighted by Gasteiger charge is -2.35. The SMILES string of the molecule is CC(C)c1nn(CC2(O)CCC2)c(=O)n1C(C)C. The van der Waals surface area contributed by atoms with Crippen LogP contribution >= 0.6 is 0 Å². The van der Waals surface area contributed by atoms with Crippen LogP contribution in [0.1, 0.15) is 64.7 Å². The van der Waals surface area contributed by atoms with Crippen LogP contribution in [0.3, 0.4) is 0 Å². The molecular formula is C13H23N3O2. The summed E-state index contributed by atoms with van der Waals surface area (Å²) < 4.78 is 3.17. The van der Waals surface area contributed by atoms with Crippen LogP contribution in [0.5, 0.6) is 0 Å². The van der Waals surface area contributed by atoms with Crippen molar-refractivity contribution in [1.29, 1.82) is 0 Å². The summed E-state index contributed by atoms with van der Waals surface area (Å²) in [7, 11) is 0. The molecule has 0 aliphatic heterocycles. The van der Waals surface area contributed by atoms with Crippen LogP contribution in [0.15, 0.2) is 4.79 Å². The second-order valence-electron chi connectivity index (χ2n) is 5.99. The van der Waals surface area contributed by atoms with Crippen LogP contribution in [0.4, 0.5) is 0 Å². The summed E-state index contributed by atoms with van der Waals surface area (Å²) in [6.45, 7) is 8.35. The van der Waals surface area contributed by atoms with Crippen LogP contribution in [-0.4, -0.2) is 25.1 Å². The molecule has 102 valence electrons. The van der Waals surface area contributed by atoms with E-state index in [1.165, 1.54) is 4.68 Å². The van der Waals surface area contributed by atoms with E-state index in [2.05, 4.69) is 5.10 Å². The van der Waals surface area contributed by atoms with E-state index in [0.717, 1.165) is 25.1 Å². The van der Waals surface area contributed by atoms with Gasteiger partial charge in [0.25, 0.3) is 0 Å². The number of nitrogens with zero attached hydrogens (tertiary/aromatic N) is 3. The van der Waals surface area contributed by atoms with Gasteiger partial charge in [-0.2, -0.15) is 5.10 Å². The third-order valence-corrected chi connectivity index (χ3v) is 3.66. The van der Waals surface area contributed by atoms with Crippen LogP contribution in [0.2, 0.25) is 0 Å². The van der Waals surface area contributed by atoms with Crippen molar-refractivity contribution in [2.75, 3.05) is 0 Å². The first-order valence-electron chi connectivity index (χ1n) is 6.76. The topological polar surface area (TPSA) is 60.0 Å². The monoisotopic (exact) mass is 253 g/mol. The Hall–Kier alpha value is -1.10. The van der Waals surface area contributed by atoms with Crippen molar-refractivity contribution in [3.63, 3.8) is 0 Å². The fourth-order valence-corrected chi connectivity index (χ4v) is 2.44. The van der Waals surface area contributed by atoms with Crippen molar-refractivity contribution >= 4 is 0 Å². The Morgan fingerprint density at radius 1 is 1.33 bits per heavy atom. The molecule has 1 saturated carbocycles. The van der Waals surface area contributed by atoms with Gasteiger partial charge in [-0.1, -0.05) is 13.8 Å². The van der Waals surface area contributed by atoms with E-state index in [1.54, 1.807) is 4.57 Å². The molecule has 1 aromatic rings. The lowest BCUT2D eigenvalue weighted by atomic mass is 9.80. The summed E-state index contributed by atoms with van der Waals surface area (Å²) in [6, 6.07) is 0.0969. The highest BCUT2D eigenvalue weighted by molar-refractivity contribution is 4.97. The van der Waals surface area contributed by atoms with Crippen LogP contribution in [0.25, 0.3) is 0 Å². The molecule has 0 amide bonds. The normalized spacial score (nSPS) is 18.4. The van der Waals surface area contributed by atoms with E-state index in [0.29, 0.717) is 6.54 Å². The smallest absolute Gasteiger partial charge is 0.346 e. The molecule has 1 N–H and O–H groups in total. The van der Waals surface area contributed by atoms with Crippen molar-refractivity contribution in [1.82, 2.24) is 14.3 Å². The van der Waals surface area contributed by atoms with Crippen molar-refractivity contribution in [2.45, 2.75) is 71.1 Å². The third kappa shape index (κ3) is 2.23. The summed E-state index contributed by atoms with van der Waals surface area (Å²) >= 11 is 0. The van der Waals surface area contributed by atoms with Crippen molar-refractivity contribution in [2.24, 2.45) is 0 Å². The molecule has 1 fully saturated rings. The van der Waals surface area contributed by atoms with E-state index < -0.39 is 5.60 Å². The average molecular weight is 253 g/mol. The maximum absolute atomic E-state index is 12.3. The highest BCUT2D eigenvalue weighted by Crippen LogP contribution is 2.32. The lowest BCUT2D eigenvalue weighted by Crippen LogP contribution is -2.44. The van der Waals surface area contributed by atoms with Crippen molar-refractivity contribution in [3.05, 3.63) is 16.3 Å². The van der Waals surface area contributed by atoms with Crippen molar-refractivity contribution in [3.8, 4) is 0 Å². The minimum atomic E-state index is -0.714. The molecule has 5 heteroatoms. The molecular weight excluding hydrogens is 230 g/mol. The quantitative estimate of drug-likeness (QED) is 0.887. The lowest BCUT2D eigenvalue weighted by molar-refractivity contribution is -0.0507. The fourth-order valence-electron chi connectivity index (χ4n) is 2.44. The number of aromatic nitrogens is 3. The van der Waals surface area contributed by atoms with Gasteiger partial charge in [0.1, 0.15) is 5.82 Å². The second-order valence-corrected chi connectivity index (χ2v) is 5.99. The van der Waals surface area contributed by atoms with Gasteiger partial charge < -0.3 is 5.11 Å². The Morgan fingerprint density at radius 2 is 1.94 bits per heavy atom. The molecule has 0 spiro atoms. The molecule has 0 bridgehead atoms. The summed E-state index contributed by atoms with van der Waals surface area (Å²) in [5, 5.41) is 14.6. The largest absolute Gasteiger partial charge is 0.388 e. The van der Waals surface area contributed by atoms with Crippen LogP contribution < -0.4 is 5.69 Å². The Morgan fingerprint density at radius 3 is 2.28 bits per heavy atom. The molecule has 0 atom stereocenters. The Labute approximate surface area is 107 Å². The van der Waals surface area contributed by atoms with Gasteiger partial charge in [-0.3, -0.25) is 4.57 Å². The van der Waals surface area contributed by atoms with Crippen LogP contribution in [0, 0.1) is 0 Å². The molecule has 0 radical (unpaired) electrons. The zero-order valence-electron chi connectivity index (χ0n) is 11.7. The highest BCUT2D eigenvalue weighted by Gasteiger charge is 2.36. The molecule has 5 nitrogen and oxygen atoms in total. The molecule has 0 saturated heterocycles. The van der Waals surface area contributed by atoms with Gasteiger partial charge in [0.2, 0.25) is 0 Å². The Balaban J connectivity index is 2.37. The molecule has 1 aromatic heterocycles. The van der Waals surface area contributed by atoms with Gasteiger partial charge in [0.15, 0.2) is 0 Å². The predicted molar refractivity (Wildman–Crippen MR) is 69.8 cm³/mol. The second kappa shape index (κ2) is 4.53. The van der Waals surface area contributed by atoms with Gasteiger partial charge in [-0.05, 0) is 33.1 Å². The molecule has 2 rings (SSSR count). The van der Waals surface area contributed by atoms with E-state index in [-0.39, 0.29) is 17.6 Å². The van der Waals surface area contributed by atoms with Gasteiger partial charge >= 0.3 is 5.69 Å². The standard InChI is InChI=1S/C13H23N3O2/c1-9(2)11-14-15(8-13(18)6-5-7-13)12(17)16(11)10(3)4/h9-10,18H,5-8H2,1-4H3. The van der Waals surface area contributed by atoms with Gasteiger partial charge in [-0.25, -0.2) is 9.48 Å². The van der Waals surface area contributed by atoms with Gasteiger partial charge in [0, 0.05) is 12.0 Å². The molecule has 0 unspecified atom stereocenters. The van der Waals surface area contributed by atoms with E-state index in [9.17, 15) is 9.90 Å². The highest BCUT2D eigenvalue weighted by atomic mass is 16.3. The Bertz CT molecular complexity index is 481. The number of hydrogen-bond donors (Lipinski definition) is 1. The first-order chi connectivity index (χ1) is 8.34. The minimum absolute atomic E-state index is 0.0969. The fraction of sp³-hybridized carbons (Fsp3) is 0.846. The molecule has 0 aromatic carbocycles. The maximum atomic E-state index is 12.3. The van der Waals surface area contributed by atoms with Crippen LogP contribution in [-0.2, 0) is 6.54 Å². The predicted octanol–water partition coefficient (Wildman–Crippen LogP) is 1.66. The Kier molecular flexibility index (Phi) is 3.36. The summed E-state index contributed by atoms with van der Waals surface area (Å²) in [5.41, 5.74) is -0.817. The molecule has 18 heavy (non-hydrogen) atoms. The molecule has 1 heterocycles. The summed E-state index contributed by atoms with van der Waals surface area (Å²) in [5.74, 6) is 1.01. The number of hydrogen-bond acceptors (Lipinski definition) is 3. The maximum Gasteiger partial charge on any atom is 0.346 e. The third-order valence-electron chi connectivity index (χ3n) is 3.66. The molecule has 1 aliphatic rings. The first kappa shape index (κ1) is 13.3. The van der Waals surface area contributed by atoms with Crippen molar-refractivity contribution < 1.29 is 5.11 Å². The zero-order valence-corrected chi connectivity index (χ0v) is 11.7. The average Bonchev–Trinajstić information content (AvgIpc) is 2.54. The van der Waals surface area contributed by atoms with Gasteiger partial charge in [0.05, 0.1) is 12.1 Å². The number of rotatable bonds is 4. The minimum Gasteiger partial charge on any atom is -0.388 e. The summed E-state index contributed by atoms with van der Waals surface area (Å²) in [4.78, 5) is 12.3. The van der Waals surface area contributed by atoms with E-state index >= 15 is 0 Å². The number of aliphatic hydroxyl groups is 1. The summed E-state index contributed by atoms with van der Waals surface area (Å²) in [6.07, 6.45) is 2.57.